The number of carbonyl (C=O) groups is 1. The van der Waals surface area contributed by atoms with Crippen LogP contribution in [-0.2, 0) is 22.8 Å². The molecule has 0 spiro atoms. The van der Waals surface area contributed by atoms with Crippen molar-refractivity contribution in [3.8, 4) is 11.4 Å². The van der Waals surface area contributed by atoms with Crippen molar-refractivity contribution in [2.75, 3.05) is 6.73 Å². The van der Waals surface area contributed by atoms with Crippen LogP contribution in [0, 0.1) is 11.0 Å². The lowest BCUT2D eigenvalue weighted by Crippen LogP contribution is -2.41. The summed E-state index contributed by atoms with van der Waals surface area (Å²) in [6, 6.07) is 1.70. The first kappa shape index (κ1) is 20.5. The number of hydrogen-bond donors (Lipinski definition) is 0. The van der Waals surface area contributed by atoms with Crippen LogP contribution in [0.3, 0.4) is 0 Å². The molecule has 1 unspecified atom stereocenters. The molecule has 1 atom stereocenters. The molecule has 0 aliphatic carbocycles. The number of esters is 1. The summed E-state index contributed by atoms with van der Waals surface area (Å²) in [6.07, 6.45) is -6.55. The lowest BCUT2D eigenvalue weighted by Gasteiger charge is -2.40. The summed E-state index contributed by atoms with van der Waals surface area (Å²) >= 11 is 0. The zero-order chi connectivity index (χ0) is 21.7. The number of hydroxylamine groups is 2. The van der Waals surface area contributed by atoms with Gasteiger partial charge in [0.25, 0.3) is 5.56 Å². The maximum absolute atomic E-state index is 14.6. The van der Waals surface area contributed by atoms with E-state index in [1.54, 1.807) is 0 Å². The van der Waals surface area contributed by atoms with Crippen LogP contribution < -0.4 is 16.0 Å². The first-order valence-electron chi connectivity index (χ1n) is 7.89. The molecule has 29 heavy (non-hydrogen) atoms. The normalized spacial score (nSPS) is 16.9. The van der Waals surface area contributed by atoms with Crippen molar-refractivity contribution in [2.45, 2.75) is 19.3 Å². The molecule has 0 fully saturated rings. The minimum Gasteiger partial charge on any atom is -0.780 e. The van der Waals surface area contributed by atoms with E-state index in [0.29, 0.717) is 0 Å². The Kier molecular flexibility index (Phi) is 4.96. The zero-order valence-electron chi connectivity index (χ0n) is 14.8. The van der Waals surface area contributed by atoms with E-state index in [1.807, 2.05) is 0 Å². The van der Waals surface area contributed by atoms with Gasteiger partial charge in [0.2, 0.25) is 0 Å². The maximum atomic E-state index is 14.6. The Morgan fingerprint density at radius 3 is 2.52 bits per heavy atom. The number of aromatic nitrogens is 2. The van der Waals surface area contributed by atoms with E-state index >= 15 is 0 Å². The number of rotatable bonds is 2. The van der Waals surface area contributed by atoms with Crippen molar-refractivity contribution < 1.29 is 31.8 Å². The molecule has 3 rings (SSSR count). The Morgan fingerprint density at radius 1 is 1.28 bits per heavy atom. The highest BCUT2D eigenvalue weighted by Gasteiger charge is 2.35. The summed E-state index contributed by atoms with van der Waals surface area (Å²) in [5.74, 6) is -2.22. The molecule has 0 amide bonds. The molecular formula is C16H12F4N3O6-. The zero-order valence-corrected chi connectivity index (χ0v) is 14.8. The quantitative estimate of drug-likeness (QED) is 0.536. The van der Waals surface area contributed by atoms with Crippen LogP contribution >= 0.6 is 0 Å². The molecule has 0 saturated carbocycles. The van der Waals surface area contributed by atoms with Crippen molar-refractivity contribution in [3.05, 3.63) is 61.3 Å². The van der Waals surface area contributed by atoms with E-state index in [-0.39, 0.29) is 31.6 Å². The van der Waals surface area contributed by atoms with E-state index in [2.05, 4.69) is 0 Å². The summed E-state index contributed by atoms with van der Waals surface area (Å²) in [5.41, 5.74) is -5.36. The van der Waals surface area contributed by atoms with Gasteiger partial charge in [0.15, 0.2) is 12.0 Å². The third-order valence-corrected chi connectivity index (χ3v) is 4.08. The molecule has 2 heterocycles. The highest BCUT2D eigenvalue weighted by atomic mass is 19.4. The van der Waals surface area contributed by atoms with Crippen molar-refractivity contribution in [1.82, 2.24) is 14.2 Å². The van der Waals surface area contributed by atoms with Gasteiger partial charge in [-0.1, -0.05) is 0 Å². The van der Waals surface area contributed by atoms with Crippen molar-refractivity contribution >= 4 is 5.97 Å². The molecule has 13 heteroatoms. The van der Waals surface area contributed by atoms with E-state index < -0.39 is 53.6 Å². The predicted molar refractivity (Wildman–Crippen MR) is 87.4 cm³/mol. The summed E-state index contributed by atoms with van der Waals surface area (Å²) in [7, 11) is 0.765. The number of benzene rings is 1. The fourth-order valence-corrected chi connectivity index (χ4v) is 2.80. The molecule has 1 aromatic heterocycles. The molecule has 156 valence electrons. The highest BCUT2D eigenvalue weighted by Crippen LogP contribution is 2.37. The van der Waals surface area contributed by atoms with Gasteiger partial charge in [0.05, 0.1) is 11.3 Å². The van der Waals surface area contributed by atoms with E-state index in [4.69, 9.17) is 9.47 Å². The van der Waals surface area contributed by atoms with Crippen molar-refractivity contribution in [2.24, 2.45) is 7.05 Å². The third-order valence-electron chi connectivity index (χ3n) is 4.08. The first-order chi connectivity index (χ1) is 13.4. The fourth-order valence-electron chi connectivity index (χ4n) is 2.80. The smallest absolute Gasteiger partial charge is 0.431 e. The number of hydrogen-bond acceptors (Lipinski definition) is 7. The average molecular weight is 418 g/mol. The monoisotopic (exact) mass is 418 g/mol. The predicted octanol–water partition coefficient (Wildman–Crippen LogP) is 1.41. The molecule has 1 aromatic carbocycles. The average Bonchev–Trinajstić information content (AvgIpc) is 2.60. The standard InChI is InChI=1S/C16H12F4N3O6/c1-7(24)29-14-8-3-10(9(17)4-11(8)28-6-22(14)27)23-13(25)5-12(16(18,19)20)21(2)15(23)26/h3-5,14H,6H2,1-2H3/q-1. The number of halogens is 4. The topological polar surface area (TPSA) is 106 Å². The van der Waals surface area contributed by atoms with Gasteiger partial charge in [0.1, 0.15) is 18.2 Å². The van der Waals surface area contributed by atoms with Crippen LogP contribution in [0.1, 0.15) is 24.4 Å². The van der Waals surface area contributed by atoms with Crippen LogP contribution in [0.25, 0.3) is 5.69 Å². The number of alkyl halides is 3. The largest absolute Gasteiger partial charge is 0.780 e. The molecule has 0 radical (unpaired) electrons. The Hall–Kier alpha value is -3.19. The Labute approximate surface area is 158 Å². The van der Waals surface area contributed by atoms with Gasteiger partial charge in [-0.15, -0.1) is 0 Å². The molecule has 0 bridgehead atoms. The Morgan fingerprint density at radius 2 is 1.93 bits per heavy atom. The second-order valence-corrected chi connectivity index (χ2v) is 6.04. The van der Waals surface area contributed by atoms with Crippen LogP contribution in [0.5, 0.6) is 5.75 Å². The second kappa shape index (κ2) is 7.00. The molecule has 0 N–H and O–H groups in total. The second-order valence-electron chi connectivity index (χ2n) is 6.04. The molecular weight excluding hydrogens is 406 g/mol. The fraction of sp³-hybridized carbons (Fsp3) is 0.312. The van der Waals surface area contributed by atoms with Crippen LogP contribution in [0.4, 0.5) is 17.6 Å². The van der Waals surface area contributed by atoms with Gasteiger partial charge in [-0.25, -0.2) is 13.8 Å². The number of nitrogens with zero attached hydrogens (tertiary/aromatic N) is 3. The molecule has 1 aliphatic heterocycles. The number of ether oxygens (including phenoxy) is 2. The summed E-state index contributed by atoms with van der Waals surface area (Å²) < 4.78 is 63.7. The Bertz CT molecular complexity index is 1110. The molecule has 9 nitrogen and oxygen atoms in total. The minimum atomic E-state index is -4.99. The van der Waals surface area contributed by atoms with Crippen LogP contribution in [-0.4, -0.2) is 26.9 Å². The molecule has 1 aliphatic rings. The van der Waals surface area contributed by atoms with E-state index in [9.17, 15) is 37.2 Å². The van der Waals surface area contributed by atoms with Gasteiger partial charge in [-0.05, 0) is 6.07 Å². The first-order valence-corrected chi connectivity index (χ1v) is 7.89. The van der Waals surface area contributed by atoms with Crippen LogP contribution in [0.15, 0.2) is 27.8 Å². The van der Waals surface area contributed by atoms with Crippen molar-refractivity contribution in [3.63, 3.8) is 0 Å². The van der Waals surface area contributed by atoms with E-state index in [0.717, 1.165) is 26.1 Å². The highest BCUT2D eigenvalue weighted by molar-refractivity contribution is 5.66. The molecule has 0 saturated heterocycles. The third kappa shape index (κ3) is 3.61. The summed E-state index contributed by atoms with van der Waals surface area (Å²) in [5, 5.41) is 12.1. The minimum absolute atomic E-state index is 0.139. The lowest BCUT2D eigenvalue weighted by molar-refractivity contribution is -0.159. The van der Waals surface area contributed by atoms with Gasteiger partial charge in [-0.2, -0.15) is 13.2 Å². The van der Waals surface area contributed by atoms with E-state index in [1.165, 1.54) is 0 Å². The van der Waals surface area contributed by atoms with Crippen LogP contribution in [0.2, 0.25) is 0 Å². The summed E-state index contributed by atoms with van der Waals surface area (Å²) in [4.78, 5) is 35.8. The van der Waals surface area contributed by atoms with Gasteiger partial charge in [-0.3, -0.25) is 14.2 Å². The van der Waals surface area contributed by atoms with Gasteiger partial charge in [0, 0.05) is 26.1 Å². The lowest BCUT2D eigenvalue weighted by atomic mass is 10.1. The number of fused-ring (bicyclic) bond motifs is 1. The Balaban J connectivity index is 2.25. The van der Waals surface area contributed by atoms with Gasteiger partial charge >= 0.3 is 17.8 Å². The molecule has 2 aromatic rings. The SMILES string of the molecule is CC(=O)OC1c2cc(-n3c(=O)cc(C(F)(F)F)n(C)c3=O)c(F)cc2OCN1[O-]. The summed E-state index contributed by atoms with van der Waals surface area (Å²) in [6.45, 7) is 0.426. The maximum Gasteiger partial charge on any atom is 0.431 e. The van der Waals surface area contributed by atoms with Crippen molar-refractivity contribution in [1.29, 1.82) is 0 Å². The number of carbonyl (C=O) groups excluding carboxylic acids is 1. The van der Waals surface area contributed by atoms with Gasteiger partial charge < -0.3 is 19.7 Å².